The van der Waals surface area contributed by atoms with Crippen molar-refractivity contribution in [2.24, 2.45) is 0 Å². The van der Waals surface area contributed by atoms with Crippen LogP contribution in [0.5, 0.6) is 0 Å². The number of carbonyl (C=O) groups excluding carboxylic acids is 2. The lowest BCUT2D eigenvalue weighted by molar-refractivity contribution is 0.0766. The summed E-state index contributed by atoms with van der Waals surface area (Å²) in [5, 5.41) is 2.79. The third-order valence-electron chi connectivity index (χ3n) is 5.98. The van der Waals surface area contributed by atoms with Crippen LogP contribution in [0.25, 0.3) is 11.1 Å². The summed E-state index contributed by atoms with van der Waals surface area (Å²) in [6.07, 6.45) is 0. The fourth-order valence-electron chi connectivity index (χ4n) is 4.20. The number of fused-ring (bicyclic) bond motifs is 1. The van der Waals surface area contributed by atoms with Gasteiger partial charge in [0.25, 0.3) is 11.8 Å². The minimum atomic E-state index is -0.650. The summed E-state index contributed by atoms with van der Waals surface area (Å²) >= 11 is 0. The number of nitrogen functional groups attached to an aromatic ring is 1. The number of rotatable bonds is 5. The van der Waals surface area contributed by atoms with Crippen LogP contribution in [-0.4, -0.2) is 16.7 Å². The Kier molecular flexibility index (Phi) is 5.74. The second kappa shape index (κ2) is 9.02. The number of anilines is 2. The topological polar surface area (TPSA) is 75.4 Å². The van der Waals surface area contributed by atoms with Crippen LogP contribution in [0.3, 0.4) is 0 Å². The number of carbonyl (C=O) groups is 2. The van der Waals surface area contributed by atoms with Gasteiger partial charge in [0, 0.05) is 30.3 Å². The van der Waals surface area contributed by atoms with Crippen LogP contribution < -0.4 is 11.1 Å². The minimum Gasteiger partial charge on any atom is -0.397 e. The average molecular weight is 469 g/mol. The molecule has 1 aliphatic rings. The highest BCUT2D eigenvalue weighted by atomic mass is 19.1. The van der Waals surface area contributed by atoms with Gasteiger partial charge < -0.3 is 16.0 Å². The summed E-state index contributed by atoms with van der Waals surface area (Å²) in [6, 6.07) is 22.6. The third kappa shape index (κ3) is 4.61. The summed E-state index contributed by atoms with van der Waals surface area (Å²) in [7, 11) is 0. The van der Waals surface area contributed by atoms with Gasteiger partial charge in [-0.1, -0.05) is 30.3 Å². The molecule has 0 unspecified atom stereocenters. The van der Waals surface area contributed by atoms with Crippen molar-refractivity contribution in [1.29, 1.82) is 0 Å². The molecule has 1 heterocycles. The number of nitrogens with two attached hydrogens (primary N) is 1. The van der Waals surface area contributed by atoms with Gasteiger partial charge >= 0.3 is 0 Å². The lowest BCUT2D eigenvalue weighted by Gasteiger charge is -2.16. The molecule has 0 fully saturated rings. The zero-order chi connectivity index (χ0) is 24.5. The smallest absolute Gasteiger partial charge is 0.255 e. The first-order chi connectivity index (χ1) is 16.9. The van der Waals surface area contributed by atoms with Crippen molar-refractivity contribution in [1.82, 2.24) is 4.90 Å². The van der Waals surface area contributed by atoms with Gasteiger partial charge in [0.1, 0.15) is 11.6 Å². The molecule has 0 aromatic heterocycles. The predicted molar refractivity (Wildman–Crippen MR) is 131 cm³/mol. The van der Waals surface area contributed by atoms with Gasteiger partial charge in [0.05, 0.1) is 11.4 Å². The standard InChI is InChI=1S/C28H21F2N3O2/c29-22-12-20(13-23(30)14-22)19-9-10-24-21(11-19)16-33(28(24)35)15-17-5-7-18(8-6-17)27(34)32-26-4-2-1-3-25(26)31/h1-14H,15-16,31H2,(H,32,34). The lowest BCUT2D eigenvalue weighted by Crippen LogP contribution is -2.23. The summed E-state index contributed by atoms with van der Waals surface area (Å²) in [6.45, 7) is 0.750. The minimum absolute atomic E-state index is 0.113. The van der Waals surface area contributed by atoms with Gasteiger partial charge in [0.15, 0.2) is 0 Å². The molecule has 5 nitrogen and oxygen atoms in total. The molecule has 0 atom stereocenters. The molecule has 174 valence electrons. The Balaban J connectivity index is 1.28. The predicted octanol–water partition coefficient (Wildman–Crippen LogP) is 5.62. The van der Waals surface area contributed by atoms with Gasteiger partial charge in [-0.05, 0) is 70.8 Å². The molecule has 35 heavy (non-hydrogen) atoms. The first kappa shape index (κ1) is 22.3. The van der Waals surface area contributed by atoms with E-state index in [1.54, 1.807) is 71.6 Å². The van der Waals surface area contributed by atoms with Crippen LogP contribution in [0, 0.1) is 11.6 Å². The summed E-state index contributed by atoms with van der Waals surface area (Å²) in [5.74, 6) is -1.69. The van der Waals surface area contributed by atoms with Gasteiger partial charge in [-0.3, -0.25) is 9.59 Å². The monoisotopic (exact) mass is 469 g/mol. The molecule has 0 aliphatic carbocycles. The fraction of sp³-hybridized carbons (Fsp3) is 0.0714. The molecule has 3 N–H and O–H groups in total. The third-order valence-corrected chi connectivity index (χ3v) is 5.98. The first-order valence-corrected chi connectivity index (χ1v) is 11.0. The fourth-order valence-corrected chi connectivity index (χ4v) is 4.20. The van der Waals surface area contributed by atoms with E-state index in [4.69, 9.17) is 5.73 Å². The van der Waals surface area contributed by atoms with Crippen LogP contribution in [0.1, 0.15) is 31.8 Å². The van der Waals surface area contributed by atoms with Crippen molar-refractivity contribution >= 4 is 23.2 Å². The Morgan fingerprint density at radius 3 is 2.31 bits per heavy atom. The number of hydrogen-bond acceptors (Lipinski definition) is 3. The van der Waals surface area contributed by atoms with Crippen molar-refractivity contribution in [2.45, 2.75) is 13.1 Å². The van der Waals surface area contributed by atoms with E-state index in [-0.39, 0.29) is 11.8 Å². The molecule has 0 saturated carbocycles. The molecule has 0 radical (unpaired) electrons. The summed E-state index contributed by atoms with van der Waals surface area (Å²) in [4.78, 5) is 27.1. The van der Waals surface area contributed by atoms with Gasteiger partial charge in [-0.15, -0.1) is 0 Å². The Bertz CT molecular complexity index is 1430. The van der Waals surface area contributed by atoms with E-state index >= 15 is 0 Å². The quantitative estimate of drug-likeness (QED) is 0.373. The first-order valence-electron chi connectivity index (χ1n) is 11.0. The van der Waals surface area contributed by atoms with Gasteiger partial charge in [-0.25, -0.2) is 8.78 Å². The largest absolute Gasteiger partial charge is 0.397 e. The van der Waals surface area contributed by atoms with Crippen molar-refractivity contribution in [3.63, 3.8) is 0 Å². The maximum atomic E-state index is 13.6. The number of amides is 2. The Morgan fingerprint density at radius 2 is 1.60 bits per heavy atom. The van der Waals surface area contributed by atoms with E-state index in [1.165, 1.54) is 12.1 Å². The van der Waals surface area contributed by atoms with Crippen molar-refractivity contribution in [3.8, 4) is 11.1 Å². The Labute approximate surface area is 200 Å². The molecule has 5 rings (SSSR count). The number of nitrogens with one attached hydrogen (secondary N) is 1. The molecule has 0 saturated heterocycles. The van der Waals surface area contributed by atoms with Crippen LogP contribution >= 0.6 is 0 Å². The number of para-hydroxylation sites is 2. The molecular formula is C28H21F2N3O2. The molecule has 4 aromatic carbocycles. The highest BCUT2D eigenvalue weighted by molar-refractivity contribution is 6.05. The normalized spacial score (nSPS) is 12.5. The van der Waals surface area contributed by atoms with Gasteiger partial charge in [-0.2, -0.15) is 0 Å². The SMILES string of the molecule is Nc1ccccc1NC(=O)c1ccc(CN2Cc3cc(-c4cc(F)cc(F)c4)ccc3C2=O)cc1. The highest BCUT2D eigenvalue weighted by Crippen LogP contribution is 2.30. The Hall–Kier alpha value is -4.52. The zero-order valence-corrected chi connectivity index (χ0v) is 18.6. The van der Waals surface area contributed by atoms with Crippen molar-refractivity contribution in [3.05, 3.63) is 119 Å². The van der Waals surface area contributed by atoms with Crippen LogP contribution in [0.15, 0.2) is 84.9 Å². The number of halogens is 2. The molecular weight excluding hydrogens is 448 g/mol. The van der Waals surface area contributed by atoms with Crippen molar-refractivity contribution < 1.29 is 18.4 Å². The summed E-state index contributed by atoms with van der Waals surface area (Å²) < 4.78 is 27.3. The molecule has 1 aliphatic heterocycles. The maximum Gasteiger partial charge on any atom is 0.255 e. The van der Waals surface area contributed by atoms with Crippen LogP contribution in [-0.2, 0) is 13.1 Å². The van der Waals surface area contributed by atoms with E-state index < -0.39 is 11.6 Å². The van der Waals surface area contributed by atoms with Crippen molar-refractivity contribution in [2.75, 3.05) is 11.1 Å². The number of hydrogen-bond donors (Lipinski definition) is 2. The van der Waals surface area contributed by atoms with Crippen LogP contribution in [0.4, 0.5) is 20.2 Å². The van der Waals surface area contributed by atoms with E-state index in [0.29, 0.717) is 46.7 Å². The van der Waals surface area contributed by atoms with Crippen LogP contribution in [0.2, 0.25) is 0 Å². The molecule has 0 bridgehead atoms. The molecule has 7 heteroatoms. The second-order valence-corrected chi connectivity index (χ2v) is 8.43. The lowest BCUT2D eigenvalue weighted by atomic mass is 10.0. The van der Waals surface area contributed by atoms with E-state index in [9.17, 15) is 18.4 Å². The number of nitrogens with zero attached hydrogens (tertiary/aromatic N) is 1. The number of benzene rings is 4. The maximum absolute atomic E-state index is 13.6. The summed E-state index contributed by atoms with van der Waals surface area (Å²) in [5.41, 5.74) is 10.7. The molecule has 0 spiro atoms. The zero-order valence-electron chi connectivity index (χ0n) is 18.6. The van der Waals surface area contributed by atoms with E-state index in [1.807, 2.05) is 0 Å². The average Bonchev–Trinajstić information content (AvgIpc) is 3.14. The molecule has 2 amide bonds. The van der Waals surface area contributed by atoms with E-state index in [0.717, 1.165) is 17.2 Å². The highest BCUT2D eigenvalue weighted by Gasteiger charge is 2.27. The van der Waals surface area contributed by atoms with E-state index in [2.05, 4.69) is 5.32 Å². The molecule has 4 aromatic rings. The Morgan fingerprint density at radius 1 is 0.886 bits per heavy atom. The second-order valence-electron chi connectivity index (χ2n) is 8.43. The van der Waals surface area contributed by atoms with Gasteiger partial charge in [0.2, 0.25) is 0 Å².